The minimum Gasteiger partial charge on any atom is -0.497 e. The zero-order valence-electron chi connectivity index (χ0n) is 15.9. The zero-order chi connectivity index (χ0) is 21.1. The average molecular weight is 476 g/mol. The summed E-state index contributed by atoms with van der Waals surface area (Å²) >= 11 is 9.62. The van der Waals surface area contributed by atoms with Crippen molar-refractivity contribution in [3.63, 3.8) is 0 Å². The van der Waals surface area contributed by atoms with E-state index in [1.165, 1.54) is 23.1 Å². The van der Waals surface area contributed by atoms with Gasteiger partial charge in [-0.3, -0.25) is 14.5 Å². The highest BCUT2D eigenvalue weighted by atomic mass is 32.2. The standard InChI is InChI=1S/C20H17N3O3S4/c1-26-12-6-7-14-15(10-12)29-19(21-14)22-17(24)5-2-8-23-18(25)16(30-20(23)27)11-13-4-3-9-28-13/h3-4,6-7,9-11H,2,5,8H2,1H3,(H,21,22,24)/b16-11-. The topological polar surface area (TPSA) is 71.5 Å². The number of ether oxygens (including phenoxy) is 1. The van der Waals surface area contributed by atoms with E-state index in [0.717, 1.165) is 20.8 Å². The van der Waals surface area contributed by atoms with Crippen LogP contribution in [0.25, 0.3) is 16.3 Å². The molecular weight excluding hydrogens is 459 g/mol. The fourth-order valence-electron chi connectivity index (χ4n) is 2.86. The number of anilines is 1. The van der Waals surface area contributed by atoms with Gasteiger partial charge in [0.2, 0.25) is 5.91 Å². The van der Waals surface area contributed by atoms with Crippen molar-refractivity contribution in [2.45, 2.75) is 12.8 Å². The smallest absolute Gasteiger partial charge is 0.266 e. The van der Waals surface area contributed by atoms with Crippen LogP contribution in [-0.2, 0) is 9.59 Å². The molecule has 30 heavy (non-hydrogen) atoms. The van der Waals surface area contributed by atoms with Gasteiger partial charge >= 0.3 is 0 Å². The molecule has 3 heterocycles. The number of amides is 2. The van der Waals surface area contributed by atoms with Gasteiger partial charge in [0.25, 0.3) is 5.91 Å². The van der Waals surface area contributed by atoms with E-state index in [-0.39, 0.29) is 18.2 Å². The molecular formula is C20H17N3O3S4. The van der Waals surface area contributed by atoms with E-state index in [0.29, 0.717) is 27.3 Å². The van der Waals surface area contributed by atoms with Gasteiger partial charge < -0.3 is 10.1 Å². The number of thioether (sulfide) groups is 1. The first kappa shape index (κ1) is 21.0. The van der Waals surface area contributed by atoms with Crippen LogP contribution in [0.3, 0.4) is 0 Å². The lowest BCUT2D eigenvalue weighted by molar-refractivity contribution is -0.122. The number of hydrogen-bond donors (Lipinski definition) is 1. The number of fused-ring (bicyclic) bond motifs is 1. The second-order valence-corrected chi connectivity index (χ2v) is 10.0. The van der Waals surface area contributed by atoms with Crippen LogP contribution in [0, 0.1) is 0 Å². The van der Waals surface area contributed by atoms with Gasteiger partial charge in [-0.05, 0) is 42.1 Å². The van der Waals surface area contributed by atoms with Crippen molar-refractivity contribution in [2.75, 3.05) is 19.0 Å². The molecule has 0 unspecified atom stereocenters. The maximum absolute atomic E-state index is 12.6. The Labute approximate surface area is 190 Å². The Balaban J connectivity index is 1.30. The Morgan fingerprint density at radius 2 is 2.23 bits per heavy atom. The van der Waals surface area contributed by atoms with E-state index in [2.05, 4.69) is 10.3 Å². The molecule has 1 fully saturated rings. The van der Waals surface area contributed by atoms with Crippen molar-refractivity contribution < 1.29 is 14.3 Å². The second-order valence-electron chi connectivity index (χ2n) is 6.35. The van der Waals surface area contributed by atoms with Crippen LogP contribution in [0.5, 0.6) is 5.75 Å². The highest BCUT2D eigenvalue weighted by Gasteiger charge is 2.31. The number of nitrogens with zero attached hydrogens (tertiary/aromatic N) is 2. The van der Waals surface area contributed by atoms with Gasteiger partial charge in [-0.25, -0.2) is 4.98 Å². The number of aromatic nitrogens is 1. The molecule has 4 rings (SSSR count). The molecule has 0 saturated carbocycles. The molecule has 10 heteroatoms. The molecule has 2 amide bonds. The Morgan fingerprint density at radius 3 is 3.00 bits per heavy atom. The van der Waals surface area contributed by atoms with Gasteiger partial charge in [-0.2, -0.15) is 0 Å². The van der Waals surface area contributed by atoms with Gasteiger partial charge in [0, 0.05) is 17.8 Å². The summed E-state index contributed by atoms with van der Waals surface area (Å²) in [7, 11) is 1.61. The maximum atomic E-state index is 12.6. The fourth-order valence-corrected chi connectivity index (χ4v) is 5.80. The van der Waals surface area contributed by atoms with E-state index in [1.54, 1.807) is 23.3 Å². The van der Waals surface area contributed by atoms with Gasteiger partial charge in [0.1, 0.15) is 10.1 Å². The first-order chi connectivity index (χ1) is 14.5. The lowest BCUT2D eigenvalue weighted by atomic mass is 10.2. The Bertz CT molecular complexity index is 1140. The van der Waals surface area contributed by atoms with E-state index in [1.807, 2.05) is 41.8 Å². The number of carbonyl (C=O) groups is 2. The van der Waals surface area contributed by atoms with Gasteiger partial charge in [-0.15, -0.1) is 11.3 Å². The summed E-state index contributed by atoms with van der Waals surface area (Å²) in [4.78, 5) is 32.5. The molecule has 0 atom stereocenters. The van der Waals surface area contributed by atoms with Crippen molar-refractivity contribution in [1.82, 2.24) is 9.88 Å². The van der Waals surface area contributed by atoms with E-state index in [9.17, 15) is 9.59 Å². The van der Waals surface area contributed by atoms with E-state index < -0.39 is 0 Å². The summed E-state index contributed by atoms with van der Waals surface area (Å²) in [5, 5.41) is 5.35. The SMILES string of the molecule is COc1ccc2nc(NC(=O)CCCN3C(=O)/C(=C/c4cccs4)SC3=S)sc2c1. The van der Waals surface area contributed by atoms with Crippen molar-refractivity contribution in [3.8, 4) is 5.75 Å². The van der Waals surface area contributed by atoms with Crippen LogP contribution in [0.15, 0.2) is 40.6 Å². The number of rotatable bonds is 7. The third-order valence-corrected chi connectivity index (χ3v) is 7.45. The zero-order valence-corrected chi connectivity index (χ0v) is 19.2. The number of methoxy groups -OCH3 is 1. The quantitative estimate of drug-likeness (QED) is 0.384. The molecule has 0 bridgehead atoms. The van der Waals surface area contributed by atoms with Crippen LogP contribution in [0.1, 0.15) is 17.7 Å². The second kappa shape index (κ2) is 9.25. The summed E-state index contributed by atoms with van der Waals surface area (Å²) in [5.74, 6) is 0.514. The number of hydrogen-bond acceptors (Lipinski definition) is 8. The van der Waals surface area contributed by atoms with Crippen LogP contribution >= 0.6 is 46.7 Å². The first-order valence-electron chi connectivity index (χ1n) is 9.07. The molecule has 1 N–H and O–H groups in total. The molecule has 0 spiro atoms. The molecule has 0 radical (unpaired) electrons. The lowest BCUT2D eigenvalue weighted by Gasteiger charge is -2.13. The van der Waals surface area contributed by atoms with Crippen LogP contribution in [0.4, 0.5) is 5.13 Å². The minimum absolute atomic E-state index is 0.0982. The third kappa shape index (κ3) is 4.72. The number of nitrogens with one attached hydrogen (secondary N) is 1. The highest BCUT2D eigenvalue weighted by Crippen LogP contribution is 2.33. The predicted molar refractivity (Wildman–Crippen MR) is 128 cm³/mol. The van der Waals surface area contributed by atoms with Crippen molar-refractivity contribution >= 4 is 84.2 Å². The molecule has 6 nitrogen and oxygen atoms in total. The average Bonchev–Trinajstić information content (AvgIpc) is 3.43. The first-order valence-corrected chi connectivity index (χ1v) is 12.0. The van der Waals surface area contributed by atoms with Gasteiger partial charge in [0.05, 0.1) is 22.2 Å². The molecule has 154 valence electrons. The number of thiazole rings is 1. The summed E-state index contributed by atoms with van der Waals surface area (Å²) in [6.07, 6.45) is 2.66. The van der Waals surface area contributed by atoms with Gasteiger partial charge in [0.15, 0.2) is 5.13 Å². The summed E-state index contributed by atoms with van der Waals surface area (Å²) in [5.41, 5.74) is 0.811. The summed E-state index contributed by atoms with van der Waals surface area (Å²) < 4.78 is 6.69. The number of thiophene rings is 1. The molecule has 1 saturated heterocycles. The minimum atomic E-state index is -0.138. The number of benzene rings is 1. The predicted octanol–water partition coefficient (Wildman–Crippen LogP) is 4.99. The number of carbonyl (C=O) groups excluding carboxylic acids is 2. The summed E-state index contributed by atoms with van der Waals surface area (Å²) in [6.45, 7) is 0.414. The molecule has 1 aliphatic heterocycles. The molecule has 1 aliphatic rings. The maximum Gasteiger partial charge on any atom is 0.266 e. The Kier molecular flexibility index (Phi) is 6.47. The molecule has 0 aliphatic carbocycles. The fraction of sp³-hybridized carbons (Fsp3) is 0.200. The lowest BCUT2D eigenvalue weighted by Crippen LogP contribution is -2.29. The monoisotopic (exact) mass is 475 g/mol. The summed E-state index contributed by atoms with van der Waals surface area (Å²) in [6, 6.07) is 9.49. The normalized spacial score (nSPS) is 15.4. The van der Waals surface area contributed by atoms with Crippen LogP contribution < -0.4 is 10.1 Å². The van der Waals surface area contributed by atoms with E-state index >= 15 is 0 Å². The third-order valence-electron chi connectivity index (χ3n) is 4.32. The highest BCUT2D eigenvalue weighted by molar-refractivity contribution is 8.26. The number of thiocarbonyl (C=S) groups is 1. The van der Waals surface area contributed by atoms with Gasteiger partial charge in [-0.1, -0.05) is 41.4 Å². The molecule has 1 aromatic carbocycles. The van der Waals surface area contributed by atoms with Crippen molar-refractivity contribution in [1.29, 1.82) is 0 Å². The Hall–Kier alpha value is -2.27. The van der Waals surface area contributed by atoms with Crippen LogP contribution in [-0.4, -0.2) is 39.7 Å². The largest absolute Gasteiger partial charge is 0.497 e. The molecule has 3 aromatic rings. The van der Waals surface area contributed by atoms with E-state index in [4.69, 9.17) is 17.0 Å². The van der Waals surface area contributed by atoms with Crippen molar-refractivity contribution in [2.24, 2.45) is 0 Å². The Morgan fingerprint density at radius 1 is 1.37 bits per heavy atom. The van der Waals surface area contributed by atoms with Crippen LogP contribution in [0.2, 0.25) is 0 Å². The van der Waals surface area contributed by atoms with Crippen molar-refractivity contribution in [3.05, 3.63) is 45.5 Å². The molecule has 2 aromatic heterocycles.